The first-order valence-electron chi connectivity index (χ1n) is 9.65. The third kappa shape index (κ3) is 4.37. The minimum Gasteiger partial charge on any atom is -0.295 e. The number of sulfonamides is 1. The average molecular weight is 467 g/mol. The normalized spacial score (nSPS) is 12.0. The second-order valence-electron chi connectivity index (χ2n) is 6.96. The molecule has 32 heavy (non-hydrogen) atoms. The van der Waals surface area contributed by atoms with Crippen molar-refractivity contribution in [3.05, 3.63) is 117 Å². The van der Waals surface area contributed by atoms with Gasteiger partial charge in [0.25, 0.3) is 15.6 Å². The van der Waals surface area contributed by atoms with Crippen LogP contribution in [0.15, 0.2) is 99.7 Å². The largest absolute Gasteiger partial charge is 0.295 e. The molecule has 2 N–H and O–H groups in total. The van der Waals surface area contributed by atoms with Crippen LogP contribution in [0.2, 0.25) is 5.02 Å². The Morgan fingerprint density at radius 1 is 0.938 bits per heavy atom. The van der Waals surface area contributed by atoms with Gasteiger partial charge in [-0.05, 0) is 43.3 Å². The summed E-state index contributed by atoms with van der Waals surface area (Å²) in [5, 5.41) is 7.64. The Morgan fingerprint density at radius 2 is 1.53 bits per heavy atom. The number of benzene rings is 3. The molecule has 0 aliphatic carbocycles. The molecule has 1 aromatic heterocycles. The molecule has 0 atom stereocenters. The van der Waals surface area contributed by atoms with E-state index in [0.29, 0.717) is 22.0 Å². The van der Waals surface area contributed by atoms with Crippen LogP contribution in [0.1, 0.15) is 16.8 Å². The topological polar surface area (TPSA) is 96.3 Å². The van der Waals surface area contributed by atoms with Gasteiger partial charge in [0.15, 0.2) is 0 Å². The van der Waals surface area contributed by atoms with E-state index in [-0.39, 0.29) is 21.7 Å². The van der Waals surface area contributed by atoms with Gasteiger partial charge in [-0.2, -0.15) is 18.4 Å². The summed E-state index contributed by atoms with van der Waals surface area (Å²) in [5.41, 5.74) is 1.91. The zero-order valence-corrected chi connectivity index (χ0v) is 18.6. The van der Waals surface area contributed by atoms with E-state index < -0.39 is 10.0 Å². The van der Waals surface area contributed by atoms with Crippen molar-refractivity contribution in [2.45, 2.75) is 11.8 Å². The van der Waals surface area contributed by atoms with E-state index in [4.69, 9.17) is 11.6 Å². The van der Waals surface area contributed by atoms with Crippen molar-refractivity contribution in [3.63, 3.8) is 0 Å². The van der Waals surface area contributed by atoms with Crippen molar-refractivity contribution in [1.29, 1.82) is 0 Å². The first-order valence-corrected chi connectivity index (χ1v) is 11.5. The highest BCUT2D eigenvalue weighted by Gasteiger charge is 2.21. The van der Waals surface area contributed by atoms with E-state index in [2.05, 4.69) is 15.0 Å². The number of hydrogen-bond donors (Lipinski definition) is 2. The molecule has 1 heterocycles. The number of rotatable bonds is 6. The van der Waals surface area contributed by atoms with Crippen LogP contribution in [0.3, 0.4) is 0 Å². The van der Waals surface area contributed by atoms with E-state index in [9.17, 15) is 13.2 Å². The predicted molar refractivity (Wildman–Crippen MR) is 125 cm³/mol. The molecule has 9 heteroatoms. The second kappa shape index (κ2) is 8.86. The van der Waals surface area contributed by atoms with E-state index in [1.807, 2.05) is 24.3 Å². The molecule has 0 unspecified atom stereocenters. The third-order valence-corrected chi connectivity index (χ3v) is 6.25. The van der Waals surface area contributed by atoms with Gasteiger partial charge in [0.2, 0.25) is 0 Å². The molecule has 3 aromatic carbocycles. The highest BCUT2D eigenvalue weighted by atomic mass is 35.5. The van der Waals surface area contributed by atoms with E-state index in [0.717, 1.165) is 0 Å². The van der Waals surface area contributed by atoms with Crippen LogP contribution in [0.4, 0.5) is 0 Å². The van der Waals surface area contributed by atoms with Gasteiger partial charge < -0.3 is 0 Å². The van der Waals surface area contributed by atoms with Crippen LogP contribution >= 0.6 is 11.6 Å². The fraction of sp³-hybridized carbons (Fsp3) is 0.0435. The molecule has 0 fully saturated rings. The molecule has 0 aliphatic rings. The lowest BCUT2D eigenvalue weighted by Crippen LogP contribution is -2.25. The van der Waals surface area contributed by atoms with Gasteiger partial charge in [0.05, 0.1) is 16.1 Å². The maximum absolute atomic E-state index is 13.3. The first-order chi connectivity index (χ1) is 15.4. The average Bonchev–Trinajstić information content (AvgIpc) is 3.10. The number of H-pyrrole nitrogens is 1. The molecule has 4 rings (SSSR count). The molecular weight excluding hydrogens is 448 g/mol. The van der Waals surface area contributed by atoms with Crippen molar-refractivity contribution in [2.24, 2.45) is 5.10 Å². The fourth-order valence-electron chi connectivity index (χ4n) is 3.22. The number of aromatic nitrogens is 2. The van der Waals surface area contributed by atoms with Crippen LogP contribution < -0.4 is 10.4 Å². The molecular formula is C23H19ClN4O3S. The summed E-state index contributed by atoms with van der Waals surface area (Å²) in [6.45, 7) is 1.74. The number of hydrazone groups is 1. The molecule has 0 bridgehead atoms. The Hall–Kier alpha value is -3.62. The number of aryl methyl sites for hydroxylation is 1. The minimum atomic E-state index is -3.97. The van der Waals surface area contributed by atoms with Gasteiger partial charge in [0, 0.05) is 16.3 Å². The molecule has 4 aromatic rings. The number of hydrogen-bond acceptors (Lipinski definition) is 4. The van der Waals surface area contributed by atoms with Gasteiger partial charge in [-0.1, -0.05) is 60.1 Å². The van der Waals surface area contributed by atoms with Crippen molar-refractivity contribution in [3.8, 4) is 5.69 Å². The van der Waals surface area contributed by atoms with Crippen LogP contribution in [0.25, 0.3) is 5.69 Å². The van der Waals surface area contributed by atoms with Crippen molar-refractivity contribution >= 4 is 27.3 Å². The van der Waals surface area contributed by atoms with Gasteiger partial charge in [-0.3, -0.25) is 9.89 Å². The van der Waals surface area contributed by atoms with Gasteiger partial charge in [-0.25, -0.2) is 4.68 Å². The summed E-state index contributed by atoms with van der Waals surface area (Å²) in [7, 11) is -3.97. The molecule has 0 saturated heterocycles. The van der Waals surface area contributed by atoms with Crippen molar-refractivity contribution < 1.29 is 8.42 Å². The smallest absolute Gasteiger partial charge is 0.281 e. The predicted octanol–water partition coefficient (Wildman–Crippen LogP) is 3.86. The van der Waals surface area contributed by atoms with Crippen LogP contribution in [0, 0.1) is 6.92 Å². The standard InChI is InChI=1S/C23H19ClN4O3S/c1-16-21(23(29)28(26-16)19-10-6-3-7-11-19)22(17-8-4-2-5-9-17)25-27-32(30,31)20-14-12-18(24)13-15-20/h2-15,26-27H,1H3/b25-22-. The number of para-hydroxylation sites is 1. The highest BCUT2D eigenvalue weighted by Crippen LogP contribution is 2.16. The molecule has 162 valence electrons. The monoisotopic (exact) mass is 466 g/mol. The van der Waals surface area contributed by atoms with Crippen LogP contribution in [-0.2, 0) is 10.0 Å². The third-order valence-electron chi connectivity index (χ3n) is 4.77. The quantitative estimate of drug-likeness (QED) is 0.333. The zero-order valence-electron chi connectivity index (χ0n) is 17.0. The summed E-state index contributed by atoms with van der Waals surface area (Å²) in [5.74, 6) is 0. The van der Waals surface area contributed by atoms with Crippen molar-refractivity contribution in [2.75, 3.05) is 0 Å². The van der Waals surface area contributed by atoms with Crippen LogP contribution in [-0.4, -0.2) is 23.9 Å². The maximum atomic E-state index is 13.3. The SMILES string of the molecule is Cc1[nH]n(-c2ccccc2)c(=O)c1/C(=N\NS(=O)(=O)c1ccc(Cl)cc1)c1ccccc1. The van der Waals surface area contributed by atoms with Crippen molar-refractivity contribution in [1.82, 2.24) is 14.6 Å². The van der Waals surface area contributed by atoms with E-state index >= 15 is 0 Å². The Morgan fingerprint density at radius 3 is 2.16 bits per heavy atom. The Bertz CT molecular complexity index is 1430. The number of halogens is 1. The fourth-order valence-corrected chi connectivity index (χ4v) is 4.15. The first kappa shape index (κ1) is 21.6. The van der Waals surface area contributed by atoms with Gasteiger partial charge in [0.1, 0.15) is 5.71 Å². The lowest BCUT2D eigenvalue weighted by molar-refractivity contribution is 0.584. The Labute approximate surface area is 190 Å². The van der Waals surface area contributed by atoms with Gasteiger partial charge >= 0.3 is 0 Å². The number of nitrogens with one attached hydrogen (secondary N) is 2. The minimum absolute atomic E-state index is 0.00514. The summed E-state index contributed by atoms with van der Waals surface area (Å²) in [6.07, 6.45) is 0. The summed E-state index contributed by atoms with van der Waals surface area (Å²) in [4.78, 5) is 15.6. The molecule has 0 spiro atoms. The second-order valence-corrected chi connectivity index (χ2v) is 9.06. The van der Waals surface area contributed by atoms with E-state index in [1.165, 1.54) is 28.9 Å². The molecule has 0 amide bonds. The van der Waals surface area contributed by atoms with E-state index in [1.54, 1.807) is 43.3 Å². The maximum Gasteiger partial charge on any atom is 0.281 e. The molecule has 0 aliphatic heterocycles. The number of aromatic amines is 1. The zero-order chi connectivity index (χ0) is 22.7. The Kier molecular flexibility index (Phi) is 5.98. The summed E-state index contributed by atoms with van der Waals surface area (Å²) < 4.78 is 26.9. The van der Waals surface area contributed by atoms with Gasteiger partial charge in [-0.15, -0.1) is 0 Å². The van der Waals surface area contributed by atoms with Crippen LogP contribution in [0.5, 0.6) is 0 Å². The molecule has 0 saturated carbocycles. The summed E-state index contributed by atoms with van der Waals surface area (Å²) in [6, 6.07) is 23.7. The number of nitrogens with zero attached hydrogens (tertiary/aromatic N) is 2. The molecule has 0 radical (unpaired) electrons. The molecule has 7 nitrogen and oxygen atoms in total. The lowest BCUT2D eigenvalue weighted by Gasteiger charge is -2.08. The highest BCUT2D eigenvalue weighted by molar-refractivity contribution is 7.89. The lowest BCUT2D eigenvalue weighted by atomic mass is 10.0. The summed E-state index contributed by atoms with van der Waals surface area (Å²) >= 11 is 5.85. The Balaban J connectivity index is 1.82.